The van der Waals surface area contributed by atoms with Gasteiger partial charge < -0.3 is 5.32 Å². The molecule has 0 spiro atoms. The van der Waals surface area contributed by atoms with Crippen LogP contribution < -0.4 is 9.62 Å². The molecule has 0 aliphatic rings. The highest BCUT2D eigenvalue weighted by Gasteiger charge is 2.20. The molecule has 3 aromatic carbocycles. The number of benzene rings is 3. The average Bonchev–Trinajstić information content (AvgIpc) is 2.69. The van der Waals surface area contributed by atoms with Crippen molar-refractivity contribution in [1.82, 2.24) is 0 Å². The van der Waals surface area contributed by atoms with Gasteiger partial charge >= 0.3 is 0 Å². The summed E-state index contributed by atoms with van der Waals surface area (Å²) in [6, 6.07) is 16.5. The van der Waals surface area contributed by atoms with Crippen molar-refractivity contribution in [1.29, 1.82) is 0 Å². The van der Waals surface area contributed by atoms with Crippen LogP contribution >= 0.6 is 0 Å². The smallest absolute Gasteiger partial charge is 0.255 e. The van der Waals surface area contributed by atoms with Crippen molar-refractivity contribution in [3.8, 4) is 0 Å². The standard InChI is InChI=1S/C22H20F2N2O3S/c1-15-6-3-4-7-17(15)14-26(30(2,28)29)18-12-10-16(11-13-18)22(27)25-21-19(23)8-5-9-20(21)24/h3-13H,14H2,1-2H3,(H,25,27). The molecular formula is C22H20F2N2O3S. The highest BCUT2D eigenvalue weighted by atomic mass is 32.2. The Morgan fingerprint density at radius 3 is 2.10 bits per heavy atom. The molecule has 0 atom stereocenters. The molecule has 5 nitrogen and oxygen atoms in total. The highest BCUT2D eigenvalue weighted by Crippen LogP contribution is 2.24. The molecule has 0 aliphatic heterocycles. The minimum absolute atomic E-state index is 0.130. The van der Waals surface area contributed by atoms with Crippen molar-refractivity contribution in [2.75, 3.05) is 15.9 Å². The zero-order valence-corrected chi connectivity index (χ0v) is 17.2. The van der Waals surface area contributed by atoms with Gasteiger partial charge in [0.15, 0.2) is 0 Å². The Morgan fingerprint density at radius 1 is 0.933 bits per heavy atom. The molecule has 0 saturated heterocycles. The van der Waals surface area contributed by atoms with Crippen molar-refractivity contribution >= 4 is 27.3 Å². The number of anilines is 2. The minimum Gasteiger partial charge on any atom is -0.317 e. The first kappa shape index (κ1) is 21.4. The second-order valence-electron chi connectivity index (χ2n) is 6.79. The van der Waals surface area contributed by atoms with E-state index in [2.05, 4.69) is 5.32 Å². The van der Waals surface area contributed by atoms with E-state index in [0.717, 1.165) is 29.5 Å². The van der Waals surface area contributed by atoms with E-state index in [1.54, 1.807) is 0 Å². The third kappa shape index (κ3) is 4.83. The third-order valence-corrected chi connectivity index (χ3v) is 5.73. The number of halogens is 2. The topological polar surface area (TPSA) is 66.5 Å². The molecule has 0 fully saturated rings. The van der Waals surface area contributed by atoms with Crippen molar-refractivity contribution < 1.29 is 22.0 Å². The van der Waals surface area contributed by atoms with Gasteiger partial charge in [-0.3, -0.25) is 9.10 Å². The quantitative estimate of drug-likeness (QED) is 0.627. The van der Waals surface area contributed by atoms with Crippen molar-refractivity contribution in [2.45, 2.75) is 13.5 Å². The van der Waals surface area contributed by atoms with Crippen LogP contribution in [-0.2, 0) is 16.6 Å². The Labute approximate surface area is 174 Å². The monoisotopic (exact) mass is 430 g/mol. The van der Waals surface area contributed by atoms with Crippen LogP contribution in [0.25, 0.3) is 0 Å². The molecule has 0 aliphatic carbocycles. The number of hydrogen-bond acceptors (Lipinski definition) is 3. The minimum atomic E-state index is -3.59. The number of para-hydroxylation sites is 1. The predicted octanol–water partition coefficient (Wildman–Crippen LogP) is 4.49. The first-order valence-corrected chi connectivity index (χ1v) is 10.9. The van der Waals surface area contributed by atoms with E-state index >= 15 is 0 Å². The first-order valence-electron chi connectivity index (χ1n) is 9.04. The van der Waals surface area contributed by atoms with E-state index in [9.17, 15) is 22.0 Å². The van der Waals surface area contributed by atoms with Crippen molar-refractivity contribution in [3.63, 3.8) is 0 Å². The summed E-state index contributed by atoms with van der Waals surface area (Å²) >= 11 is 0. The van der Waals surface area contributed by atoms with Crippen LogP contribution in [0.15, 0.2) is 66.7 Å². The molecule has 1 amide bonds. The first-order chi connectivity index (χ1) is 14.2. The lowest BCUT2D eigenvalue weighted by Crippen LogP contribution is -2.29. The number of carbonyl (C=O) groups is 1. The number of nitrogens with one attached hydrogen (secondary N) is 1. The molecule has 0 saturated carbocycles. The third-order valence-electron chi connectivity index (χ3n) is 4.59. The summed E-state index contributed by atoms with van der Waals surface area (Å²) in [6.45, 7) is 2.03. The molecule has 0 bridgehead atoms. The molecule has 156 valence electrons. The zero-order chi connectivity index (χ0) is 21.9. The van der Waals surface area contributed by atoms with Gasteiger partial charge in [-0.05, 0) is 54.4 Å². The lowest BCUT2D eigenvalue weighted by molar-refractivity contribution is 0.102. The molecule has 0 aromatic heterocycles. The van der Waals surface area contributed by atoms with Gasteiger partial charge in [0, 0.05) is 5.56 Å². The molecule has 3 rings (SSSR count). The maximum Gasteiger partial charge on any atom is 0.255 e. The molecular weight excluding hydrogens is 410 g/mol. The Kier molecular flexibility index (Phi) is 6.17. The summed E-state index contributed by atoms with van der Waals surface area (Å²) in [5.74, 6) is -2.49. The second kappa shape index (κ2) is 8.62. The van der Waals surface area contributed by atoms with Gasteiger partial charge in [-0.2, -0.15) is 0 Å². The summed E-state index contributed by atoms with van der Waals surface area (Å²) in [7, 11) is -3.59. The van der Waals surface area contributed by atoms with E-state index < -0.39 is 33.3 Å². The van der Waals surface area contributed by atoms with Crippen LogP contribution in [0, 0.1) is 18.6 Å². The number of sulfonamides is 1. The maximum absolute atomic E-state index is 13.7. The number of hydrogen-bond donors (Lipinski definition) is 1. The van der Waals surface area contributed by atoms with Gasteiger partial charge in [0.1, 0.15) is 17.3 Å². The van der Waals surface area contributed by atoms with Crippen LogP contribution in [0.3, 0.4) is 0 Å². The van der Waals surface area contributed by atoms with E-state index in [1.807, 2.05) is 31.2 Å². The molecule has 1 N–H and O–H groups in total. The highest BCUT2D eigenvalue weighted by molar-refractivity contribution is 7.92. The fraction of sp³-hybridized carbons (Fsp3) is 0.136. The van der Waals surface area contributed by atoms with E-state index in [-0.39, 0.29) is 12.1 Å². The average molecular weight is 430 g/mol. The Hall–Kier alpha value is -3.26. The molecule has 0 unspecified atom stereocenters. The summed E-state index contributed by atoms with van der Waals surface area (Å²) < 4.78 is 53.4. The summed E-state index contributed by atoms with van der Waals surface area (Å²) in [4.78, 5) is 12.4. The second-order valence-corrected chi connectivity index (χ2v) is 8.70. The normalized spacial score (nSPS) is 11.2. The Bertz CT molecular complexity index is 1160. The van der Waals surface area contributed by atoms with Crippen LogP contribution in [0.5, 0.6) is 0 Å². The van der Waals surface area contributed by atoms with Gasteiger partial charge in [0.05, 0.1) is 18.5 Å². The maximum atomic E-state index is 13.7. The number of amides is 1. The van der Waals surface area contributed by atoms with Gasteiger partial charge in [-0.1, -0.05) is 30.3 Å². The fourth-order valence-corrected chi connectivity index (χ4v) is 3.80. The predicted molar refractivity (Wildman–Crippen MR) is 113 cm³/mol. The van der Waals surface area contributed by atoms with Gasteiger partial charge in [-0.25, -0.2) is 17.2 Å². The largest absolute Gasteiger partial charge is 0.317 e. The SMILES string of the molecule is Cc1ccccc1CN(c1ccc(C(=O)Nc2c(F)cccc2F)cc1)S(C)(=O)=O. The van der Waals surface area contributed by atoms with Crippen molar-refractivity contribution in [3.05, 3.63) is 95.1 Å². The summed E-state index contributed by atoms with van der Waals surface area (Å²) in [6.07, 6.45) is 1.10. The van der Waals surface area contributed by atoms with Gasteiger partial charge in [0.2, 0.25) is 10.0 Å². The van der Waals surface area contributed by atoms with Gasteiger partial charge in [-0.15, -0.1) is 0 Å². The number of aryl methyl sites for hydroxylation is 1. The lowest BCUT2D eigenvalue weighted by Gasteiger charge is -2.23. The van der Waals surface area contributed by atoms with E-state index in [0.29, 0.717) is 5.69 Å². The fourth-order valence-electron chi connectivity index (χ4n) is 2.92. The van der Waals surface area contributed by atoms with E-state index in [4.69, 9.17) is 0 Å². The number of nitrogens with zero attached hydrogens (tertiary/aromatic N) is 1. The molecule has 3 aromatic rings. The van der Waals surface area contributed by atoms with Crippen LogP contribution in [0.2, 0.25) is 0 Å². The lowest BCUT2D eigenvalue weighted by atomic mass is 10.1. The van der Waals surface area contributed by atoms with E-state index in [1.165, 1.54) is 34.6 Å². The zero-order valence-electron chi connectivity index (χ0n) is 16.4. The Balaban J connectivity index is 1.85. The number of rotatable bonds is 6. The molecule has 0 heterocycles. The molecule has 30 heavy (non-hydrogen) atoms. The Morgan fingerprint density at radius 2 is 1.53 bits per heavy atom. The van der Waals surface area contributed by atoms with Crippen molar-refractivity contribution in [2.24, 2.45) is 0 Å². The summed E-state index contributed by atoms with van der Waals surface area (Å²) in [5.41, 5.74) is 1.76. The molecule has 8 heteroatoms. The van der Waals surface area contributed by atoms with Crippen LogP contribution in [0.4, 0.5) is 20.2 Å². The summed E-state index contributed by atoms with van der Waals surface area (Å²) in [5, 5.41) is 2.20. The van der Waals surface area contributed by atoms with Crippen LogP contribution in [0.1, 0.15) is 21.5 Å². The number of carbonyl (C=O) groups excluding carboxylic acids is 1. The molecule has 0 radical (unpaired) electrons. The van der Waals surface area contributed by atoms with Gasteiger partial charge in [0.25, 0.3) is 5.91 Å². The van der Waals surface area contributed by atoms with Crippen LogP contribution in [-0.4, -0.2) is 20.6 Å².